The summed E-state index contributed by atoms with van der Waals surface area (Å²) >= 11 is 6.73. The van der Waals surface area contributed by atoms with Gasteiger partial charge in [-0.2, -0.15) is 0 Å². The average molecular weight is 216 g/mol. The van der Waals surface area contributed by atoms with E-state index in [9.17, 15) is 10.1 Å². The minimum atomic E-state index is -0.425. The van der Waals surface area contributed by atoms with E-state index < -0.39 is 4.92 Å². The van der Waals surface area contributed by atoms with Gasteiger partial charge in [-0.3, -0.25) is 10.1 Å². The first-order chi connectivity index (χ1) is 6.24. The van der Waals surface area contributed by atoms with Crippen LogP contribution in [-0.4, -0.2) is 4.92 Å². The van der Waals surface area contributed by atoms with Crippen LogP contribution in [0.1, 0.15) is 0 Å². The molecule has 0 atom stereocenters. The standard InChI is InChI=1S/C8H6ClNO2S/c9-5-6-13-8-3-1-7(2-4-8)10(11)12/h1-6H/b6-5-. The van der Waals surface area contributed by atoms with Crippen LogP contribution in [0.2, 0.25) is 0 Å². The predicted molar refractivity (Wildman–Crippen MR) is 53.9 cm³/mol. The maximum absolute atomic E-state index is 10.3. The largest absolute Gasteiger partial charge is 0.269 e. The van der Waals surface area contributed by atoms with Crippen molar-refractivity contribution in [1.82, 2.24) is 0 Å². The van der Waals surface area contributed by atoms with Crippen LogP contribution in [0.4, 0.5) is 5.69 Å². The first-order valence-electron chi connectivity index (χ1n) is 3.40. The lowest BCUT2D eigenvalue weighted by Crippen LogP contribution is -1.85. The lowest BCUT2D eigenvalue weighted by molar-refractivity contribution is -0.384. The number of nitro groups is 1. The van der Waals surface area contributed by atoms with Gasteiger partial charge >= 0.3 is 0 Å². The van der Waals surface area contributed by atoms with Crippen molar-refractivity contribution in [2.24, 2.45) is 0 Å². The van der Waals surface area contributed by atoms with Gasteiger partial charge < -0.3 is 0 Å². The number of thioether (sulfide) groups is 1. The lowest BCUT2D eigenvalue weighted by atomic mass is 10.3. The van der Waals surface area contributed by atoms with Crippen molar-refractivity contribution in [2.75, 3.05) is 0 Å². The van der Waals surface area contributed by atoms with Gasteiger partial charge in [-0.05, 0) is 17.5 Å². The molecule has 0 unspecified atom stereocenters. The van der Waals surface area contributed by atoms with E-state index in [-0.39, 0.29) is 5.69 Å². The fraction of sp³-hybridized carbons (Fsp3) is 0. The Bertz CT molecular complexity index is 323. The second-order valence-electron chi connectivity index (χ2n) is 2.13. The molecule has 0 heterocycles. The van der Waals surface area contributed by atoms with E-state index in [2.05, 4.69) is 0 Å². The molecule has 0 saturated heterocycles. The fourth-order valence-electron chi connectivity index (χ4n) is 0.751. The van der Waals surface area contributed by atoms with E-state index in [1.165, 1.54) is 29.4 Å². The molecule has 0 aliphatic heterocycles. The summed E-state index contributed by atoms with van der Waals surface area (Å²) in [6, 6.07) is 6.29. The van der Waals surface area contributed by atoms with Crippen LogP contribution in [-0.2, 0) is 0 Å². The van der Waals surface area contributed by atoms with Crippen LogP contribution in [0.25, 0.3) is 0 Å². The molecule has 0 amide bonds. The van der Waals surface area contributed by atoms with Crippen LogP contribution in [0.5, 0.6) is 0 Å². The van der Waals surface area contributed by atoms with Gasteiger partial charge in [-0.15, -0.1) is 0 Å². The zero-order valence-electron chi connectivity index (χ0n) is 6.51. The van der Waals surface area contributed by atoms with Crippen LogP contribution in [0.15, 0.2) is 40.1 Å². The van der Waals surface area contributed by atoms with E-state index in [0.29, 0.717) is 0 Å². The Morgan fingerprint density at radius 3 is 2.46 bits per heavy atom. The first-order valence-corrected chi connectivity index (χ1v) is 4.72. The van der Waals surface area contributed by atoms with E-state index in [1.807, 2.05) is 0 Å². The Labute approximate surface area is 84.6 Å². The third-order valence-corrected chi connectivity index (χ3v) is 2.39. The molecule has 0 bridgehead atoms. The number of nitrogens with zero attached hydrogens (tertiary/aromatic N) is 1. The minimum absolute atomic E-state index is 0.0965. The highest BCUT2D eigenvalue weighted by Gasteiger charge is 2.02. The molecule has 5 heteroatoms. The predicted octanol–water partition coefficient (Wildman–Crippen LogP) is 3.40. The van der Waals surface area contributed by atoms with Gasteiger partial charge in [0, 0.05) is 22.6 Å². The quantitative estimate of drug-likeness (QED) is 0.441. The first kappa shape index (κ1) is 10.1. The van der Waals surface area contributed by atoms with E-state index in [4.69, 9.17) is 11.6 Å². The van der Waals surface area contributed by atoms with Gasteiger partial charge in [0.15, 0.2) is 0 Å². The van der Waals surface area contributed by atoms with Crippen molar-refractivity contribution < 1.29 is 4.92 Å². The maximum Gasteiger partial charge on any atom is 0.269 e. The fourth-order valence-corrected chi connectivity index (χ4v) is 1.41. The molecule has 0 aliphatic rings. The van der Waals surface area contributed by atoms with Crippen LogP contribution in [0, 0.1) is 10.1 Å². The van der Waals surface area contributed by atoms with Crippen molar-refractivity contribution in [2.45, 2.75) is 4.90 Å². The highest BCUT2D eigenvalue weighted by atomic mass is 35.5. The van der Waals surface area contributed by atoms with Crippen LogP contribution in [0.3, 0.4) is 0 Å². The molecule has 0 fully saturated rings. The molecular weight excluding hydrogens is 210 g/mol. The van der Waals surface area contributed by atoms with Gasteiger partial charge in [0.25, 0.3) is 5.69 Å². The Morgan fingerprint density at radius 2 is 2.00 bits per heavy atom. The molecule has 0 aliphatic carbocycles. The molecule has 1 rings (SSSR count). The summed E-state index contributed by atoms with van der Waals surface area (Å²) in [4.78, 5) is 10.8. The summed E-state index contributed by atoms with van der Waals surface area (Å²) in [7, 11) is 0. The molecule has 0 aromatic heterocycles. The number of hydrogen-bond donors (Lipinski definition) is 0. The number of non-ortho nitro benzene ring substituents is 1. The zero-order chi connectivity index (χ0) is 9.68. The topological polar surface area (TPSA) is 43.1 Å². The second-order valence-corrected chi connectivity index (χ2v) is 3.36. The molecule has 3 nitrogen and oxygen atoms in total. The smallest absolute Gasteiger partial charge is 0.258 e. The summed E-state index contributed by atoms with van der Waals surface area (Å²) < 4.78 is 0. The monoisotopic (exact) mass is 215 g/mol. The van der Waals surface area contributed by atoms with Crippen LogP contribution < -0.4 is 0 Å². The van der Waals surface area contributed by atoms with E-state index >= 15 is 0 Å². The highest BCUT2D eigenvalue weighted by Crippen LogP contribution is 2.22. The third-order valence-electron chi connectivity index (χ3n) is 1.30. The van der Waals surface area contributed by atoms with Crippen LogP contribution >= 0.6 is 23.4 Å². The molecule has 1 aromatic carbocycles. The molecule has 13 heavy (non-hydrogen) atoms. The van der Waals surface area contributed by atoms with Gasteiger partial charge in [0.2, 0.25) is 0 Å². The van der Waals surface area contributed by atoms with Gasteiger partial charge in [0.05, 0.1) is 4.92 Å². The Balaban J connectivity index is 2.75. The third kappa shape index (κ3) is 3.08. The number of rotatable bonds is 3. The molecule has 0 radical (unpaired) electrons. The summed E-state index contributed by atoms with van der Waals surface area (Å²) in [5.74, 6) is 0. The van der Waals surface area contributed by atoms with Crippen molar-refractivity contribution in [1.29, 1.82) is 0 Å². The molecule has 0 spiro atoms. The molecule has 68 valence electrons. The Hall–Kier alpha value is -1.00. The Morgan fingerprint density at radius 1 is 1.38 bits per heavy atom. The number of nitro benzene ring substituents is 1. The summed E-state index contributed by atoms with van der Waals surface area (Å²) in [5.41, 5.74) is 1.49. The number of halogens is 1. The lowest BCUT2D eigenvalue weighted by Gasteiger charge is -1.94. The maximum atomic E-state index is 10.3. The van der Waals surface area contributed by atoms with Gasteiger partial charge in [-0.25, -0.2) is 0 Å². The summed E-state index contributed by atoms with van der Waals surface area (Å²) in [6.45, 7) is 0. The van der Waals surface area contributed by atoms with E-state index in [1.54, 1.807) is 17.5 Å². The zero-order valence-corrected chi connectivity index (χ0v) is 8.09. The molecular formula is C8H6ClNO2S. The Kier molecular flexibility index (Phi) is 3.79. The van der Waals surface area contributed by atoms with Crippen molar-refractivity contribution in [3.8, 4) is 0 Å². The molecule has 1 aromatic rings. The van der Waals surface area contributed by atoms with E-state index in [0.717, 1.165) is 4.90 Å². The van der Waals surface area contributed by atoms with Crippen molar-refractivity contribution in [3.63, 3.8) is 0 Å². The molecule has 0 N–H and O–H groups in total. The second kappa shape index (κ2) is 4.89. The summed E-state index contributed by atoms with van der Waals surface area (Å²) in [6.07, 6.45) is 0. The summed E-state index contributed by atoms with van der Waals surface area (Å²) in [5, 5.41) is 12.0. The number of benzene rings is 1. The average Bonchev–Trinajstić information content (AvgIpc) is 2.15. The normalized spacial score (nSPS) is 10.5. The van der Waals surface area contributed by atoms with Gasteiger partial charge in [0.1, 0.15) is 0 Å². The SMILES string of the molecule is O=[N+]([O-])c1ccc(S/C=C\Cl)cc1. The van der Waals surface area contributed by atoms with Gasteiger partial charge in [-0.1, -0.05) is 23.4 Å². The highest BCUT2D eigenvalue weighted by molar-refractivity contribution is 8.02. The minimum Gasteiger partial charge on any atom is -0.258 e. The molecule has 0 saturated carbocycles. The number of hydrogen-bond acceptors (Lipinski definition) is 3. The van der Waals surface area contributed by atoms with Crippen molar-refractivity contribution in [3.05, 3.63) is 45.3 Å². The van der Waals surface area contributed by atoms with Crippen molar-refractivity contribution >= 4 is 29.1 Å².